The largest absolute Gasteiger partial charge is 0.396 e. The first kappa shape index (κ1) is 15.1. The van der Waals surface area contributed by atoms with Crippen molar-refractivity contribution in [3.8, 4) is 0 Å². The van der Waals surface area contributed by atoms with Crippen molar-refractivity contribution in [1.29, 1.82) is 0 Å². The van der Waals surface area contributed by atoms with Gasteiger partial charge < -0.3 is 5.73 Å². The van der Waals surface area contributed by atoms with Crippen LogP contribution in [0.1, 0.15) is 0 Å². The first-order valence-electron chi connectivity index (χ1n) is 5.43. The van der Waals surface area contributed by atoms with Gasteiger partial charge in [-0.25, -0.2) is 26.0 Å². The Balaban J connectivity index is 2.42. The molecule has 0 unspecified atom stereocenters. The van der Waals surface area contributed by atoms with Gasteiger partial charge in [0.15, 0.2) is 11.6 Å². The molecule has 2 aromatic rings. The molecular weight excluding hydrogens is 312 g/mol. The standard InChI is InChI=1S/C12H8F4N2O2S/c13-7-4-10(16)12(5-8(7)14)18-21(19,20)6-1-2-11(17)9(15)3-6/h1-5,18H,17H2. The minimum atomic E-state index is -4.38. The summed E-state index contributed by atoms with van der Waals surface area (Å²) < 4.78 is 77.9. The molecule has 0 atom stereocenters. The van der Waals surface area contributed by atoms with Gasteiger partial charge in [0.2, 0.25) is 0 Å². The van der Waals surface area contributed by atoms with Crippen LogP contribution in [0.15, 0.2) is 35.2 Å². The lowest BCUT2D eigenvalue weighted by molar-refractivity contribution is 0.496. The number of nitrogens with two attached hydrogens (primary N) is 1. The zero-order chi connectivity index (χ0) is 15.8. The van der Waals surface area contributed by atoms with E-state index in [4.69, 9.17) is 5.73 Å². The van der Waals surface area contributed by atoms with E-state index in [1.165, 1.54) is 0 Å². The molecule has 0 aliphatic carbocycles. The van der Waals surface area contributed by atoms with Crippen molar-refractivity contribution in [1.82, 2.24) is 0 Å². The Morgan fingerprint density at radius 3 is 2.10 bits per heavy atom. The monoisotopic (exact) mass is 320 g/mol. The highest BCUT2D eigenvalue weighted by atomic mass is 32.2. The van der Waals surface area contributed by atoms with Crippen molar-refractivity contribution in [3.63, 3.8) is 0 Å². The lowest BCUT2D eigenvalue weighted by Crippen LogP contribution is -2.15. The van der Waals surface area contributed by atoms with E-state index in [-0.39, 0.29) is 11.8 Å². The Bertz CT molecular complexity index is 809. The van der Waals surface area contributed by atoms with Crippen LogP contribution in [-0.2, 0) is 10.0 Å². The molecular formula is C12H8F4N2O2S. The first-order chi connectivity index (χ1) is 9.70. The van der Waals surface area contributed by atoms with Crippen molar-refractivity contribution in [2.75, 3.05) is 10.5 Å². The fourth-order valence-electron chi connectivity index (χ4n) is 1.48. The van der Waals surface area contributed by atoms with Gasteiger partial charge in [-0.15, -0.1) is 0 Å². The van der Waals surface area contributed by atoms with E-state index in [0.717, 1.165) is 12.1 Å². The molecule has 9 heteroatoms. The van der Waals surface area contributed by atoms with Crippen LogP contribution in [0.25, 0.3) is 0 Å². The molecule has 0 amide bonds. The Labute approximate surface area is 117 Å². The van der Waals surface area contributed by atoms with Crippen molar-refractivity contribution in [2.24, 2.45) is 0 Å². The second-order valence-corrected chi connectivity index (χ2v) is 5.72. The third-order valence-corrected chi connectivity index (χ3v) is 3.90. The molecule has 0 fully saturated rings. The number of nitrogen functional groups attached to an aromatic ring is 1. The van der Waals surface area contributed by atoms with E-state index < -0.39 is 43.9 Å². The van der Waals surface area contributed by atoms with Gasteiger partial charge in [-0.2, -0.15) is 0 Å². The number of nitrogens with one attached hydrogen (secondary N) is 1. The van der Waals surface area contributed by atoms with Crippen LogP contribution in [0, 0.1) is 23.3 Å². The van der Waals surface area contributed by atoms with Crippen molar-refractivity contribution >= 4 is 21.4 Å². The lowest BCUT2D eigenvalue weighted by Gasteiger charge is -2.10. The number of halogens is 4. The number of hydrogen-bond acceptors (Lipinski definition) is 3. The fourth-order valence-corrected chi connectivity index (χ4v) is 2.55. The summed E-state index contributed by atoms with van der Waals surface area (Å²) in [6.07, 6.45) is 0. The average Bonchev–Trinajstić information content (AvgIpc) is 2.39. The third kappa shape index (κ3) is 3.07. The van der Waals surface area contributed by atoms with E-state index in [2.05, 4.69) is 0 Å². The lowest BCUT2D eigenvalue weighted by atomic mass is 10.3. The van der Waals surface area contributed by atoms with Gasteiger partial charge in [-0.1, -0.05) is 0 Å². The Morgan fingerprint density at radius 1 is 0.857 bits per heavy atom. The maximum absolute atomic E-state index is 13.4. The van der Waals surface area contributed by atoms with Crippen LogP contribution in [0.2, 0.25) is 0 Å². The number of hydrogen-bond donors (Lipinski definition) is 2. The van der Waals surface area contributed by atoms with Gasteiger partial charge in [0.25, 0.3) is 10.0 Å². The molecule has 21 heavy (non-hydrogen) atoms. The van der Waals surface area contributed by atoms with Crippen LogP contribution in [-0.4, -0.2) is 8.42 Å². The van der Waals surface area contributed by atoms with Crippen LogP contribution in [0.4, 0.5) is 28.9 Å². The van der Waals surface area contributed by atoms with Gasteiger partial charge in [0.1, 0.15) is 11.6 Å². The van der Waals surface area contributed by atoms with E-state index in [1.807, 2.05) is 0 Å². The third-order valence-electron chi connectivity index (χ3n) is 2.54. The highest BCUT2D eigenvalue weighted by Gasteiger charge is 2.19. The van der Waals surface area contributed by atoms with Crippen molar-refractivity contribution in [3.05, 3.63) is 53.6 Å². The number of anilines is 2. The molecule has 3 N–H and O–H groups in total. The summed E-state index contributed by atoms with van der Waals surface area (Å²) in [6, 6.07) is 3.14. The van der Waals surface area contributed by atoms with E-state index in [0.29, 0.717) is 12.1 Å². The maximum atomic E-state index is 13.4. The van der Waals surface area contributed by atoms with Crippen molar-refractivity contribution in [2.45, 2.75) is 4.90 Å². The van der Waals surface area contributed by atoms with Crippen molar-refractivity contribution < 1.29 is 26.0 Å². The molecule has 0 aromatic heterocycles. The molecule has 0 saturated carbocycles. The molecule has 0 aliphatic rings. The average molecular weight is 320 g/mol. The molecule has 0 aliphatic heterocycles. The molecule has 0 saturated heterocycles. The molecule has 0 spiro atoms. The van der Waals surface area contributed by atoms with Gasteiger partial charge in [-0.05, 0) is 18.2 Å². The van der Waals surface area contributed by atoms with Gasteiger partial charge in [0, 0.05) is 12.1 Å². The molecule has 0 bridgehead atoms. The number of sulfonamides is 1. The summed E-state index contributed by atoms with van der Waals surface area (Å²) in [4.78, 5) is -0.543. The van der Waals surface area contributed by atoms with Crippen LogP contribution in [0.3, 0.4) is 0 Å². The molecule has 0 heterocycles. The topological polar surface area (TPSA) is 72.2 Å². The minimum absolute atomic E-state index is 0.191. The highest BCUT2D eigenvalue weighted by molar-refractivity contribution is 7.92. The zero-order valence-corrected chi connectivity index (χ0v) is 11.0. The van der Waals surface area contributed by atoms with Gasteiger partial charge >= 0.3 is 0 Å². The second kappa shape index (κ2) is 5.24. The van der Waals surface area contributed by atoms with Gasteiger partial charge in [-0.3, -0.25) is 4.72 Å². The Morgan fingerprint density at radius 2 is 1.48 bits per heavy atom. The molecule has 2 aromatic carbocycles. The molecule has 112 valence electrons. The zero-order valence-electron chi connectivity index (χ0n) is 10.2. The Hall–Kier alpha value is -2.29. The van der Waals surface area contributed by atoms with E-state index >= 15 is 0 Å². The van der Waals surface area contributed by atoms with Crippen LogP contribution < -0.4 is 10.5 Å². The van der Waals surface area contributed by atoms with E-state index in [9.17, 15) is 26.0 Å². The predicted octanol–water partition coefficient (Wildman–Crippen LogP) is 2.63. The summed E-state index contributed by atoms with van der Waals surface area (Å²) in [5.41, 5.74) is 4.13. The number of benzene rings is 2. The first-order valence-corrected chi connectivity index (χ1v) is 6.91. The second-order valence-electron chi connectivity index (χ2n) is 4.03. The predicted molar refractivity (Wildman–Crippen MR) is 67.9 cm³/mol. The highest BCUT2D eigenvalue weighted by Crippen LogP contribution is 2.23. The van der Waals surface area contributed by atoms with Gasteiger partial charge in [0.05, 0.1) is 16.3 Å². The fraction of sp³-hybridized carbons (Fsp3) is 0. The maximum Gasteiger partial charge on any atom is 0.262 e. The molecule has 4 nitrogen and oxygen atoms in total. The summed E-state index contributed by atoms with van der Waals surface area (Å²) in [5, 5.41) is 0. The minimum Gasteiger partial charge on any atom is -0.396 e. The van der Waals surface area contributed by atoms with Crippen LogP contribution >= 0.6 is 0 Å². The summed E-state index contributed by atoms with van der Waals surface area (Å²) in [6.45, 7) is 0. The number of rotatable bonds is 3. The summed E-state index contributed by atoms with van der Waals surface area (Å²) >= 11 is 0. The quantitative estimate of drug-likeness (QED) is 0.519. The van der Waals surface area contributed by atoms with Crippen LogP contribution in [0.5, 0.6) is 0 Å². The smallest absolute Gasteiger partial charge is 0.262 e. The van der Waals surface area contributed by atoms with E-state index in [1.54, 1.807) is 4.72 Å². The molecule has 0 radical (unpaired) electrons. The summed E-state index contributed by atoms with van der Waals surface area (Å²) in [7, 11) is -4.38. The summed E-state index contributed by atoms with van der Waals surface area (Å²) in [5.74, 6) is -5.19. The Kier molecular flexibility index (Phi) is 3.77. The molecule has 2 rings (SSSR count). The normalized spacial score (nSPS) is 11.4. The SMILES string of the molecule is Nc1ccc(S(=O)(=O)Nc2cc(F)c(F)cc2F)cc1F.